The second-order valence-corrected chi connectivity index (χ2v) is 6.23. The minimum absolute atomic E-state index is 0.0116. The maximum Gasteiger partial charge on any atom is 0.260 e. The van der Waals surface area contributed by atoms with Gasteiger partial charge >= 0.3 is 0 Å². The van der Waals surface area contributed by atoms with Crippen LogP contribution >= 0.6 is 23.2 Å². The lowest BCUT2D eigenvalue weighted by atomic mass is 9.90. The molecule has 1 aromatic carbocycles. The Morgan fingerprint density at radius 2 is 2.10 bits per heavy atom. The molecule has 2 N–H and O–H groups in total. The number of hydrogen-bond donors (Lipinski definition) is 1. The average molecular weight is 317 g/mol. The topological polar surface area (TPSA) is 55.6 Å². The molecule has 1 heterocycles. The van der Waals surface area contributed by atoms with Gasteiger partial charge in [0.05, 0.1) is 10.0 Å². The molecule has 0 bridgehead atoms. The van der Waals surface area contributed by atoms with E-state index in [1.54, 1.807) is 23.1 Å². The SMILES string of the molecule is CC1(CN)CCN(C(=O)COc2c(Cl)cccc2Cl)C1. The third kappa shape index (κ3) is 3.37. The molecule has 1 aliphatic rings. The van der Waals surface area contributed by atoms with Crippen LogP contribution in [0.1, 0.15) is 13.3 Å². The largest absolute Gasteiger partial charge is 0.481 e. The van der Waals surface area contributed by atoms with Crippen LogP contribution in [-0.2, 0) is 4.79 Å². The summed E-state index contributed by atoms with van der Waals surface area (Å²) in [6, 6.07) is 5.08. The summed E-state index contributed by atoms with van der Waals surface area (Å²) in [4.78, 5) is 13.9. The number of nitrogens with two attached hydrogens (primary N) is 1. The Hall–Kier alpha value is -0.970. The number of halogens is 2. The number of para-hydroxylation sites is 1. The van der Waals surface area contributed by atoms with Gasteiger partial charge in [-0.25, -0.2) is 0 Å². The minimum atomic E-state index is -0.0711. The van der Waals surface area contributed by atoms with Gasteiger partial charge < -0.3 is 15.4 Å². The van der Waals surface area contributed by atoms with E-state index in [1.807, 2.05) is 0 Å². The van der Waals surface area contributed by atoms with Crippen LogP contribution in [-0.4, -0.2) is 37.0 Å². The summed E-state index contributed by atoms with van der Waals surface area (Å²) < 4.78 is 5.46. The Bertz CT molecular complexity index is 490. The van der Waals surface area contributed by atoms with Crippen molar-refractivity contribution < 1.29 is 9.53 Å². The quantitative estimate of drug-likeness (QED) is 0.928. The van der Waals surface area contributed by atoms with Crippen molar-refractivity contribution in [2.24, 2.45) is 11.1 Å². The highest BCUT2D eigenvalue weighted by atomic mass is 35.5. The Morgan fingerprint density at radius 1 is 1.45 bits per heavy atom. The van der Waals surface area contributed by atoms with Gasteiger partial charge in [-0.2, -0.15) is 0 Å². The number of amides is 1. The molecule has 1 fully saturated rings. The normalized spacial score (nSPS) is 22.1. The van der Waals surface area contributed by atoms with Gasteiger partial charge in [0, 0.05) is 13.1 Å². The zero-order chi connectivity index (χ0) is 14.8. The molecule has 110 valence electrons. The number of ether oxygens (including phenoxy) is 1. The van der Waals surface area contributed by atoms with Crippen LogP contribution in [0.5, 0.6) is 5.75 Å². The first-order valence-electron chi connectivity index (χ1n) is 6.50. The van der Waals surface area contributed by atoms with Crippen molar-refractivity contribution in [2.75, 3.05) is 26.2 Å². The van der Waals surface area contributed by atoms with E-state index in [-0.39, 0.29) is 17.9 Å². The molecule has 6 heteroatoms. The van der Waals surface area contributed by atoms with Crippen LogP contribution in [0.4, 0.5) is 0 Å². The minimum Gasteiger partial charge on any atom is -0.481 e. The molecule has 2 rings (SSSR count). The summed E-state index contributed by atoms with van der Waals surface area (Å²) in [5, 5.41) is 0.803. The number of hydrogen-bond acceptors (Lipinski definition) is 3. The maximum absolute atomic E-state index is 12.1. The van der Waals surface area contributed by atoms with Crippen LogP contribution in [0.3, 0.4) is 0 Å². The van der Waals surface area contributed by atoms with E-state index in [2.05, 4.69) is 6.92 Å². The smallest absolute Gasteiger partial charge is 0.260 e. The molecule has 1 saturated heterocycles. The molecule has 4 nitrogen and oxygen atoms in total. The van der Waals surface area contributed by atoms with Gasteiger partial charge in [0.25, 0.3) is 5.91 Å². The summed E-state index contributed by atoms with van der Waals surface area (Å²) in [5.74, 6) is 0.281. The Labute approximate surface area is 128 Å². The van der Waals surface area contributed by atoms with Crippen molar-refractivity contribution in [1.29, 1.82) is 0 Å². The van der Waals surface area contributed by atoms with Gasteiger partial charge in [-0.05, 0) is 30.5 Å². The summed E-state index contributed by atoms with van der Waals surface area (Å²) in [6.07, 6.45) is 0.919. The molecule has 1 aliphatic heterocycles. The highest BCUT2D eigenvalue weighted by molar-refractivity contribution is 6.37. The number of rotatable bonds is 4. The van der Waals surface area contributed by atoms with Gasteiger partial charge in [-0.1, -0.05) is 36.2 Å². The molecular weight excluding hydrogens is 299 g/mol. The van der Waals surface area contributed by atoms with E-state index in [0.29, 0.717) is 35.4 Å². The van der Waals surface area contributed by atoms with Crippen molar-refractivity contribution in [2.45, 2.75) is 13.3 Å². The summed E-state index contributed by atoms with van der Waals surface area (Å²) in [5.41, 5.74) is 5.74. The summed E-state index contributed by atoms with van der Waals surface area (Å²) in [7, 11) is 0. The fraction of sp³-hybridized carbons (Fsp3) is 0.500. The lowest BCUT2D eigenvalue weighted by molar-refractivity contribution is -0.132. The number of nitrogens with zero attached hydrogens (tertiary/aromatic N) is 1. The second kappa shape index (κ2) is 6.20. The van der Waals surface area contributed by atoms with Crippen molar-refractivity contribution >= 4 is 29.1 Å². The predicted molar refractivity (Wildman–Crippen MR) is 80.3 cm³/mol. The molecule has 1 amide bonds. The van der Waals surface area contributed by atoms with E-state index in [4.69, 9.17) is 33.7 Å². The number of carbonyl (C=O) groups is 1. The van der Waals surface area contributed by atoms with Crippen LogP contribution in [0, 0.1) is 5.41 Å². The van der Waals surface area contributed by atoms with E-state index >= 15 is 0 Å². The van der Waals surface area contributed by atoms with Crippen molar-refractivity contribution in [3.63, 3.8) is 0 Å². The third-order valence-electron chi connectivity index (χ3n) is 3.66. The van der Waals surface area contributed by atoms with Gasteiger partial charge in [-0.15, -0.1) is 0 Å². The first-order chi connectivity index (χ1) is 9.45. The monoisotopic (exact) mass is 316 g/mol. The first-order valence-corrected chi connectivity index (χ1v) is 7.25. The standard InChI is InChI=1S/C14H18Cl2N2O2/c1-14(8-17)5-6-18(9-14)12(19)7-20-13-10(15)3-2-4-11(13)16/h2-4H,5-9,17H2,1H3. The van der Waals surface area contributed by atoms with Crippen LogP contribution in [0.15, 0.2) is 18.2 Å². The zero-order valence-corrected chi connectivity index (χ0v) is 12.9. The average Bonchev–Trinajstić information content (AvgIpc) is 2.81. The van der Waals surface area contributed by atoms with E-state index < -0.39 is 0 Å². The zero-order valence-electron chi connectivity index (χ0n) is 11.4. The predicted octanol–water partition coefficient (Wildman–Crippen LogP) is 2.57. The fourth-order valence-corrected chi connectivity index (χ4v) is 2.76. The van der Waals surface area contributed by atoms with Gasteiger partial charge in [0.2, 0.25) is 0 Å². The highest BCUT2D eigenvalue weighted by Crippen LogP contribution is 2.33. The van der Waals surface area contributed by atoms with Crippen molar-refractivity contribution in [3.05, 3.63) is 28.2 Å². The second-order valence-electron chi connectivity index (χ2n) is 5.42. The fourth-order valence-electron chi connectivity index (χ4n) is 2.25. The lowest BCUT2D eigenvalue weighted by Gasteiger charge is -2.22. The summed E-state index contributed by atoms with van der Waals surface area (Å²) >= 11 is 12.0. The number of carbonyl (C=O) groups excluding carboxylic acids is 1. The molecular formula is C14H18Cl2N2O2. The lowest BCUT2D eigenvalue weighted by Crippen LogP contribution is -2.36. The molecule has 0 saturated carbocycles. The van der Waals surface area contributed by atoms with Crippen molar-refractivity contribution in [1.82, 2.24) is 4.90 Å². The Kier molecular flexibility index (Phi) is 4.78. The van der Waals surface area contributed by atoms with Gasteiger partial charge in [0.1, 0.15) is 0 Å². The molecule has 20 heavy (non-hydrogen) atoms. The van der Waals surface area contributed by atoms with E-state index in [0.717, 1.165) is 6.42 Å². The molecule has 1 aromatic rings. The van der Waals surface area contributed by atoms with E-state index in [9.17, 15) is 4.79 Å². The maximum atomic E-state index is 12.1. The van der Waals surface area contributed by atoms with Crippen LogP contribution < -0.4 is 10.5 Å². The Balaban J connectivity index is 1.93. The molecule has 0 aliphatic carbocycles. The first kappa shape index (κ1) is 15.4. The van der Waals surface area contributed by atoms with Crippen molar-refractivity contribution in [3.8, 4) is 5.75 Å². The van der Waals surface area contributed by atoms with Crippen LogP contribution in [0.2, 0.25) is 10.0 Å². The number of benzene rings is 1. The van der Waals surface area contributed by atoms with E-state index in [1.165, 1.54) is 0 Å². The molecule has 1 atom stereocenters. The van der Waals surface area contributed by atoms with Crippen LogP contribution in [0.25, 0.3) is 0 Å². The molecule has 1 unspecified atom stereocenters. The third-order valence-corrected chi connectivity index (χ3v) is 4.26. The highest BCUT2D eigenvalue weighted by Gasteiger charge is 2.34. The molecule has 0 radical (unpaired) electrons. The Morgan fingerprint density at radius 3 is 2.65 bits per heavy atom. The van der Waals surface area contributed by atoms with Gasteiger partial charge in [-0.3, -0.25) is 4.79 Å². The molecule has 0 aromatic heterocycles. The molecule has 0 spiro atoms. The van der Waals surface area contributed by atoms with Gasteiger partial charge in [0.15, 0.2) is 12.4 Å². The summed E-state index contributed by atoms with van der Waals surface area (Å²) in [6.45, 7) is 3.98. The number of likely N-dealkylation sites (tertiary alicyclic amines) is 1.